The van der Waals surface area contributed by atoms with Crippen LogP contribution in [0.25, 0.3) is 11.1 Å². The molecule has 0 atom stereocenters. The molecule has 25 heavy (non-hydrogen) atoms. The van der Waals surface area contributed by atoms with Gasteiger partial charge >= 0.3 is 5.97 Å². The number of carbonyl (C=O) groups is 1. The summed E-state index contributed by atoms with van der Waals surface area (Å²) in [6.45, 7) is 1.89. The minimum absolute atomic E-state index is 0.0343. The highest BCUT2D eigenvalue weighted by atomic mass is 16.5. The highest BCUT2D eigenvalue weighted by Gasteiger charge is 2.13. The van der Waals surface area contributed by atoms with Crippen molar-refractivity contribution in [2.75, 3.05) is 0 Å². The minimum atomic E-state index is -1.10. The molecule has 128 valence electrons. The highest BCUT2D eigenvalue weighted by molar-refractivity contribution is 5.84. The molecular weight excluding hydrogens is 320 g/mol. The van der Waals surface area contributed by atoms with Crippen molar-refractivity contribution in [1.82, 2.24) is 0 Å². The second-order valence-electron chi connectivity index (χ2n) is 5.63. The number of aliphatic hydroxyl groups excluding tert-OH is 1. The SMILES string of the molecule is Cc1oc(C(=O)O)cc1COc1cccc(-c2ccccc2CO)c1. The lowest BCUT2D eigenvalue weighted by Crippen LogP contribution is -1.96. The van der Waals surface area contributed by atoms with Crippen LogP contribution in [0, 0.1) is 6.92 Å². The Balaban J connectivity index is 1.80. The van der Waals surface area contributed by atoms with Crippen LogP contribution in [0.15, 0.2) is 59.0 Å². The lowest BCUT2D eigenvalue weighted by atomic mass is 10.00. The Labute approximate surface area is 145 Å². The quantitative estimate of drug-likeness (QED) is 0.709. The summed E-state index contributed by atoms with van der Waals surface area (Å²) in [7, 11) is 0. The Bertz CT molecular complexity index is 895. The lowest BCUT2D eigenvalue weighted by molar-refractivity contribution is 0.0661. The van der Waals surface area contributed by atoms with E-state index < -0.39 is 5.97 Å². The summed E-state index contributed by atoms with van der Waals surface area (Å²) in [6.07, 6.45) is 0. The zero-order chi connectivity index (χ0) is 17.8. The monoisotopic (exact) mass is 338 g/mol. The molecule has 5 nitrogen and oxygen atoms in total. The van der Waals surface area contributed by atoms with Crippen LogP contribution in [-0.4, -0.2) is 16.2 Å². The van der Waals surface area contributed by atoms with E-state index in [-0.39, 0.29) is 19.0 Å². The fourth-order valence-corrected chi connectivity index (χ4v) is 2.62. The molecule has 5 heteroatoms. The Morgan fingerprint density at radius 3 is 2.60 bits per heavy atom. The van der Waals surface area contributed by atoms with Crippen molar-refractivity contribution >= 4 is 5.97 Å². The molecule has 0 radical (unpaired) electrons. The molecule has 0 saturated heterocycles. The molecule has 0 unspecified atom stereocenters. The number of ether oxygens (including phenoxy) is 1. The predicted molar refractivity (Wildman–Crippen MR) is 92.5 cm³/mol. The maximum Gasteiger partial charge on any atom is 0.371 e. The maximum atomic E-state index is 10.9. The number of carboxylic acids is 1. The summed E-state index contributed by atoms with van der Waals surface area (Å²) >= 11 is 0. The third-order valence-electron chi connectivity index (χ3n) is 3.96. The summed E-state index contributed by atoms with van der Waals surface area (Å²) in [5, 5.41) is 18.5. The topological polar surface area (TPSA) is 79.9 Å². The van der Waals surface area contributed by atoms with E-state index in [9.17, 15) is 9.90 Å². The molecule has 0 aliphatic heterocycles. The van der Waals surface area contributed by atoms with Gasteiger partial charge in [0.15, 0.2) is 0 Å². The van der Waals surface area contributed by atoms with Crippen molar-refractivity contribution in [1.29, 1.82) is 0 Å². The first-order valence-corrected chi connectivity index (χ1v) is 7.83. The van der Waals surface area contributed by atoms with E-state index in [2.05, 4.69) is 0 Å². The van der Waals surface area contributed by atoms with Gasteiger partial charge in [0.2, 0.25) is 5.76 Å². The van der Waals surface area contributed by atoms with Crippen LogP contribution in [0.3, 0.4) is 0 Å². The Morgan fingerprint density at radius 1 is 1.08 bits per heavy atom. The Hall–Kier alpha value is -3.05. The molecule has 2 aromatic carbocycles. The summed E-state index contributed by atoms with van der Waals surface area (Å²) in [6, 6.07) is 16.7. The molecule has 0 spiro atoms. The van der Waals surface area contributed by atoms with E-state index in [1.807, 2.05) is 48.5 Å². The summed E-state index contributed by atoms with van der Waals surface area (Å²) in [4.78, 5) is 10.9. The molecule has 0 aliphatic carbocycles. The van der Waals surface area contributed by atoms with E-state index in [1.165, 1.54) is 6.07 Å². The standard InChI is InChI=1S/C20H18O5/c1-13-16(10-19(25-13)20(22)23)12-24-17-7-4-6-14(9-17)18-8-3-2-5-15(18)11-21/h2-10,21H,11-12H2,1H3,(H,22,23). The summed E-state index contributed by atoms with van der Waals surface area (Å²) in [5.41, 5.74) is 3.43. The first-order chi connectivity index (χ1) is 12.1. The fraction of sp³-hybridized carbons (Fsp3) is 0.150. The van der Waals surface area contributed by atoms with E-state index in [0.29, 0.717) is 17.1 Å². The molecule has 0 saturated carbocycles. The van der Waals surface area contributed by atoms with Crippen LogP contribution in [0.4, 0.5) is 0 Å². The molecular formula is C20H18O5. The van der Waals surface area contributed by atoms with Crippen LogP contribution < -0.4 is 4.74 Å². The van der Waals surface area contributed by atoms with Gasteiger partial charge < -0.3 is 19.4 Å². The number of aromatic carboxylic acids is 1. The summed E-state index contributed by atoms with van der Waals surface area (Å²) in [5.74, 6) is -0.0134. The Kier molecular flexibility index (Phi) is 4.86. The molecule has 1 heterocycles. The van der Waals surface area contributed by atoms with Gasteiger partial charge in [0.05, 0.1) is 6.61 Å². The van der Waals surface area contributed by atoms with Crippen molar-refractivity contribution in [3.8, 4) is 16.9 Å². The van der Waals surface area contributed by atoms with Crippen molar-refractivity contribution in [3.05, 3.63) is 77.2 Å². The third kappa shape index (κ3) is 3.72. The van der Waals surface area contributed by atoms with Gasteiger partial charge in [-0.25, -0.2) is 4.79 Å². The number of aliphatic hydroxyl groups is 1. The highest BCUT2D eigenvalue weighted by Crippen LogP contribution is 2.28. The molecule has 0 fully saturated rings. The van der Waals surface area contributed by atoms with Gasteiger partial charge in [-0.1, -0.05) is 36.4 Å². The molecule has 2 N–H and O–H groups in total. The predicted octanol–water partition coefficient (Wildman–Crippen LogP) is 4.02. The minimum Gasteiger partial charge on any atom is -0.489 e. The van der Waals surface area contributed by atoms with Crippen molar-refractivity contribution in [2.24, 2.45) is 0 Å². The number of carboxylic acid groups (broad SMARTS) is 1. The molecule has 1 aromatic heterocycles. The van der Waals surface area contributed by atoms with Crippen molar-refractivity contribution in [2.45, 2.75) is 20.1 Å². The first kappa shape index (κ1) is 16.8. The molecule has 3 rings (SSSR count). The fourth-order valence-electron chi connectivity index (χ4n) is 2.62. The number of rotatable bonds is 6. The lowest BCUT2D eigenvalue weighted by Gasteiger charge is -2.10. The van der Waals surface area contributed by atoms with Crippen LogP contribution in [0.5, 0.6) is 5.75 Å². The van der Waals surface area contributed by atoms with Gasteiger partial charge in [-0.05, 0) is 41.8 Å². The second-order valence-corrected chi connectivity index (χ2v) is 5.63. The average Bonchev–Trinajstić information content (AvgIpc) is 3.01. The molecule has 0 amide bonds. The van der Waals surface area contributed by atoms with Crippen LogP contribution in [-0.2, 0) is 13.2 Å². The number of aryl methyl sites for hydroxylation is 1. The van der Waals surface area contributed by atoms with Gasteiger partial charge in [-0.15, -0.1) is 0 Å². The van der Waals surface area contributed by atoms with Crippen LogP contribution in [0.1, 0.15) is 27.4 Å². The summed E-state index contributed by atoms with van der Waals surface area (Å²) < 4.78 is 11.0. The van der Waals surface area contributed by atoms with Crippen molar-refractivity contribution < 1.29 is 24.2 Å². The van der Waals surface area contributed by atoms with Crippen molar-refractivity contribution in [3.63, 3.8) is 0 Å². The van der Waals surface area contributed by atoms with Crippen LogP contribution >= 0.6 is 0 Å². The first-order valence-electron chi connectivity index (χ1n) is 7.83. The Morgan fingerprint density at radius 2 is 1.88 bits per heavy atom. The van der Waals surface area contributed by atoms with Crippen LogP contribution in [0.2, 0.25) is 0 Å². The van der Waals surface area contributed by atoms with Gasteiger partial charge in [0.25, 0.3) is 0 Å². The maximum absolute atomic E-state index is 10.9. The van der Waals surface area contributed by atoms with Gasteiger partial charge in [-0.2, -0.15) is 0 Å². The molecule has 0 bridgehead atoms. The number of hydrogen-bond donors (Lipinski definition) is 2. The second kappa shape index (κ2) is 7.23. The molecule has 3 aromatic rings. The zero-order valence-corrected chi connectivity index (χ0v) is 13.7. The van der Waals surface area contributed by atoms with Gasteiger partial charge in [0.1, 0.15) is 18.1 Å². The largest absolute Gasteiger partial charge is 0.489 e. The number of furan rings is 1. The van der Waals surface area contributed by atoms with E-state index in [0.717, 1.165) is 16.7 Å². The van der Waals surface area contributed by atoms with E-state index in [4.69, 9.17) is 14.3 Å². The smallest absolute Gasteiger partial charge is 0.371 e. The van der Waals surface area contributed by atoms with E-state index in [1.54, 1.807) is 6.92 Å². The molecule has 0 aliphatic rings. The normalized spacial score (nSPS) is 10.6. The number of benzene rings is 2. The average molecular weight is 338 g/mol. The van der Waals surface area contributed by atoms with Gasteiger partial charge in [-0.3, -0.25) is 0 Å². The third-order valence-corrected chi connectivity index (χ3v) is 3.96. The zero-order valence-electron chi connectivity index (χ0n) is 13.7. The van der Waals surface area contributed by atoms with E-state index >= 15 is 0 Å². The number of hydrogen-bond acceptors (Lipinski definition) is 4. The van der Waals surface area contributed by atoms with Gasteiger partial charge in [0, 0.05) is 5.56 Å².